The average molecular weight is 990 g/mol. The third-order valence-corrected chi connectivity index (χ3v) is 16.6. The molecular formula is C76H63N. The maximum atomic E-state index is 2.48. The normalized spacial score (nSPS) is 14.2. The highest BCUT2D eigenvalue weighted by Crippen LogP contribution is 2.54. The van der Waals surface area contributed by atoms with Crippen LogP contribution in [0.15, 0.2) is 255 Å². The number of benzene rings is 12. The Labute approximate surface area is 454 Å². The lowest BCUT2D eigenvalue weighted by atomic mass is 9.74. The van der Waals surface area contributed by atoms with E-state index in [1.165, 1.54) is 110 Å². The minimum atomic E-state index is -0.280. The first-order valence-electron chi connectivity index (χ1n) is 27.3. The van der Waals surface area contributed by atoms with E-state index in [9.17, 15) is 0 Å². The van der Waals surface area contributed by atoms with Crippen LogP contribution >= 0.6 is 0 Å². The van der Waals surface area contributed by atoms with E-state index in [1.54, 1.807) is 0 Å². The molecule has 1 nitrogen and oxygen atoms in total. The summed E-state index contributed by atoms with van der Waals surface area (Å²) in [6.07, 6.45) is 0. The maximum Gasteiger partial charge on any atom is 0.0540 e. The molecule has 0 bridgehead atoms. The minimum Gasteiger partial charge on any atom is -0.310 e. The second-order valence-electron chi connectivity index (χ2n) is 23.4. The molecule has 0 aliphatic heterocycles. The molecule has 0 fully saturated rings. The first kappa shape index (κ1) is 47.9. The molecule has 372 valence electrons. The molecule has 1 heteroatoms. The van der Waals surface area contributed by atoms with Gasteiger partial charge in [0.15, 0.2) is 0 Å². The summed E-state index contributed by atoms with van der Waals surface area (Å²) in [6.45, 7) is 16.4. The van der Waals surface area contributed by atoms with Crippen molar-refractivity contribution in [1.82, 2.24) is 0 Å². The summed E-state index contributed by atoms with van der Waals surface area (Å²) < 4.78 is 0. The van der Waals surface area contributed by atoms with Crippen molar-refractivity contribution >= 4 is 49.4 Å². The van der Waals surface area contributed by atoms with Crippen molar-refractivity contribution in [2.75, 3.05) is 4.90 Å². The number of hydrogen-bond acceptors (Lipinski definition) is 1. The largest absolute Gasteiger partial charge is 0.310 e. The van der Waals surface area contributed by atoms with Crippen LogP contribution in [0.3, 0.4) is 0 Å². The van der Waals surface area contributed by atoms with Gasteiger partial charge < -0.3 is 4.90 Å². The fourth-order valence-electron chi connectivity index (χ4n) is 12.4. The summed E-state index contributed by atoms with van der Waals surface area (Å²) >= 11 is 0. The fourth-order valence-corrected chi connectivity index (χ4v) is 12.4. The summed E-state index contributed by atoms with van der Waals surface area (Å²) in [5.41, 5.74) is 21.9. The SMILES string of the molecule is CC(C)(C)c1cc(-c2cccc3cccc(-c4ccccc4N(c4ccc(-c5ccc6c(c5)C(C)(c5ccccc5)c5ccccc5-6)cc4)c4cccc(-c5cccc6c5ccc5ccccc56)c4)c23)cc(C(C)(C)C)c1. The van der Waals surface area contributed by atoms with Gasteiger partial charge in [-0.25, -0.2) is 0 Å². The van der Waals surface area contributed by atoms with Crippen molar-refractivity contribution in [3.8, 4) is 55.6 Å². The van der Waals surface area contributed by atoms with Crippen LogP contribution in [-0.2, 0) is 16.2 Å². The van der Waals surface area contributed by atoms with Crippen LogP contribution in [0, 0.1) is 0 Å². The number of fused-ring (bicyclic) bond motifs is 7. The van der Waals surface area contributed by atoms with Gasteiger partial charge in [-0.15, -0.1) is 0 Å². The van der Waals surface area contributed by atoms with E-state index in [4.69, 9.17) is 0 Å². The van der Waals surface area contributed by atoms with Gasteiger partial charge in [-0.3, -0.25) is 0 Å². The first-order chi connectivity index (χ1) is 37.3. The average Bonchev–Trinajstić information content (AvgIpc) is 3.93. The van der Waals surface area contributed by atoms with Gasteiger partial charge in [-0.05, 0) is 164 Å². The van der Waals surface area contributed by atoms with Crippen molar-refractivity contribution in [1.29, 1.82) is 0 Å². The highest BCUT2D eigenvalue weighted by atomic mass is 15.1. The van der Waals surface area contributed by atoms with Crippen molar-refractivity contribution in [3.63, 3.8) is 0 Å². The van der Waals surface area contributed by atoms with Gasteiger partial charge in [0.05, 0.1) is 5.69 Å². The zero-order chi connectivity index (χ0) is 52.6. The number of para-hydroxylation sites is 1. The summed E-state index contributed by atoms with van der Waals surface area (Å²) in [5, 5.41) is 7.50. The number of hydrogen-bond donors (Lipinski definition) is 0. The molecule has 1 atom stereocenters. The van der Waals surface area contributed by atoms with E-state index in [2.05, 4.69) is 308 Å². The standard InChI is InChI=1S/C76H63N/c1-74(2,3)57-45-55(46-58(49-57)75(4,5)6)63-32-18-22-52-23-19-34-69(73(52)63)68-30-14-16-36-72(68)77(60-27-17-24-54(47-60)62-31-20-33-64-61-28-12-11-21-51(61)39-43-65(62)64)59-41-37-50(38-42-59)53-40-44-67-66-29-13-15-35-70(66)76(7,71(67)48-53)56-25-9-8-10-26-56/h8-49H,1-7H3. The van der Waals surface area contributed by atoms with Crippen molar-refractivity contribution in [3.05, 3.63) is 283 Å². The lowest BCUT2D eigenvalue weighted by Gasteiger charge is -2.29. The van der Waals surface area contributed by atoms with E-state index in [-0.39, 0.29) is 16.2 Å². The molecule has 0 spiro atoms. The van der Waals surface area contributed by atoms with E-state index < -0.39 is 0 Å². The number of rotatable bonds is 8. The van der Waals surface area contributed by atoms with Gasteiger partial charge in [0.25, 0.3) is 0 Å². The molecule has 0 saturated heterocycles. The van der Waals surface area contributed by atoms with Crippen LogP contribution in [0.4, 0.5) is 17.1 Å². The molecule has 77 heavy (non-hydrogen) atoms. The summed E-state index contributed by atoms with van der Waals surface area (Å²) in [4.78, 5) is 2.48. The first-order valence-corrected chi connectivity index (χ1v) is 27.3. The zero-order valence-electron chi connectivity index (χ0n) is 45.2. The Morgan fingerprint density at radius 1 is 0.312 bits per heavy atom. The van der Waals surface area contributed by atoms with E-state index in [0.717, 1.165) is 22.6 Å². The van der Waals surface area contributed by atoms with Gasteiger partial charge in [-0.2, -0.15) is 0 Å². The van der Waals surface area contributed by atoms with Gasteiger partial charge in [0.2, 0.25) is 0 Å². The molecule has 1 unspecified atom stereocenters. The second-order valence-corrected chi connectivity index (χ2v) is 23.4. The molecule has 1 aliphatic rings. The third kappa shape index (κ3) is 8.25. The maximum absolute atomic E-state index is 2.48. The van der Waals surface area contributed by atoms with E-state index >= 15 is 0 Å². The predicted molar refractivity (Wildman–Crippen MR) is 330 cm³/mol. The van der Waals surface area contributed by atoms with Crippen molar-refractivity contribution in [2.24, 2.45) is 0 Å². The van der Waals surface area contributed by atoms with Crippen LogP contribution in [0.25, 0.3) is 88.0 Å². The van der Waals surface area contributed by atoms with Crippen LogP contribution in [0.1, 0.15) is 76.3 Å². The smallest absolute Gasteiger partial charge is 0.0540 e. The Bertz CT molecular complexity index is 4200. The Balaban J connectivity index is 0.990. The van der Waals surface area contributed by atoms with Crippen molar-refractivity contribution < 1.29 is 0 Å². The number of anilines is 3. The van der Waals surface area contributed by atoms with E-state index in [0.29, 0.717) is 0 Å². The van der Waals surface area contributed by atoms with Crippen LogP contribution in [0.2, 0.25) is 0 Å². The summed E-state index contributed by atoms with van der Waals surface area (Å²) in [6, 6.07) is 95.5. The zero-order valence-corrected chi connectivity index (χ0v) is 45.2. The van der Waals surface area contributed by atoms with Crippen molar-refractivity contribution in [2.45, 2.75) is 64.7 Å². The Kier molecular flexibility index (Phi) is 11.5. The van der Waals surface area contributed by atoms with Crippen LogP contribution < -0.4 is 4.90 Å². The number of nitrogens with zero attached hydrogens (tertiary/aromatic N) is 1. The Morgan fingerprint density at radius 2 is 0.896 bits per heavy atom. The lowest BCUT2D eigenvalue weighted by molar-refractivity contribution is 0.569. The van der Waals surface area contributed by atoms with Gasteiger partial charge in [0, 0.05) is 22.4 Å². The summed E-state index contributed by atoms with van der Waals surface area (Å²) in [7, 11) is 0. The molecular weight excluding hydrogens is 927 g/mol. The highest BCUT2D eigenvalue weighted by molar-refractivity contribution is 6.13. The minimum absolute atomic E-state index is 0.0183. The molecule has 0 radical (unpaired) electrons. The Morgan fingerprint density at radius 3 is 1.66 bits per heavy atom. The molecule has 0 N–H and O–H groups in total. The van der Waals surface area contributed by atoms with E-state index in [1.807, 2.05) is 0 Å². The van der Waals surface area contributed by atoms with Gasteiger partial charge in [-0.1, -0.05) is 260 Å². The molecule has 0 amide bonds. The topological polar surface area (TPSA) is 3.24 Å². The molecule has 0 heterocycles. The molecule has 1 aliphatic carbocycles. The predicted octanol–water partition coefficient (Wildman–Crippen LogP) is 21.2. The molecule has 0 saturated carbocycles. The monoisotopic (exact) mass is 989 g/mol. The quantitative estimate of drug-likeness (QED) is 0.137. The summed E-state index contributed by atoms with van der Waals surface area (Å²) in [5.74, 6) is 0. The third-order valence-electron chi connectivity index (χ3n) is 16.6. The molecule has 12 aromatic rings. The lowest BCUT2D eigenvalue weighted by Crippen LogP contribution is -2.22. The van der Waals surface area contributed by atoms with Gasteiger partial charge in [0.1, 0.15) is 0 Å². The van der Waals surface area contributed by atoms with Crippen LogP contribution in [-0.4, -0.2) is 0 Å². The second kappa shape index (κ2) is 18.5. The molecule has 13 rings (SSSR count). The fraction of sp³-hybridized carbons (Fsp3) is 0.132. The van der Waals surface area contributed by atoms with Gasteiger partial charge >= 0.3 is 0 Å². The highest BCUT2D eigenvalue weighted by Gasteiger charge is 2.40. The molecule has 0 aromatic heterocycles. The Hall–Kier alpha value is -8.78. The molecule has 12 aromatic carbocycles. The van der Waals surface area contributed by atoms with Crippen LogP contribution in [0.5, 0.6) is 0 Å².